The zero-order chi connectivity index (χ0) is 14.3. The predicted octanol–water partition coefficient (Wildman–Crippen LogP) is 1.43. The number of nitrogens with zero attached hydrogens (tertiary/aromatic N) is 2. The first kappa shape index (κ1) is 16.9. The molecule has 1 fully saturated rings. The van der Waals surface area contributed by atoms with Crippen molar-refractivity contribution in [2.75, 3.05) is 32.7 Å². The van der Waals surface area contributed by atoms with Crippen molar-refractivity contribution in [3.8, 4) is 0 Å². The summed E-state index contributed by atoms with van der Waals surface area (Å²) < 4.78 is 28.4. The summed E-state index contributed by atoms with van der Waals surface area (Å²) in [4.78, 5) is 0. The fraction of sp³-hybridized carbons (Fsp3) is 1.00. The molecule has 0 amide bonds. The lowest BCUT2D eigenvalue weighted by molar-refractivity contribution is 0.291. The Morgan fingerprint density at radius 1 is 1.11 bits per heavy atom. The molecule has 1 saturated heterocycles. The molecule has 1 N–H and O–H groups in total. The third kappa shape index (κ3) is 4.70. The minimum atomic E-state index is -3.30. The molecule has 0 bridgehead atoms. The van der Waals surface area contributed by atoms with Gasteiger partial charge in [-0.1, -0.05) is 27.2 Å². The van der Waals surface area contributed by atoms with Crippen LogP contribution in [0.5, 0.6) is 0 Å². The summed E-state index contributed by atoms with van der Waals surface area (Å²) in [6, 6.07) is 0.311. The highest BCUT2D eigenvalue weighted by Gasteiger charge is 2.29. The van der Waals surface area contributed by atoms with Gasteiger partial charge in [0, 0.05) is 32.2 Å². The summed E-state index contributed by atoms with van der Waals surface area (Å²) in [5.41, 5.74) is 0. The van der Waals surface area contributed by atoms with Crippen LogP contribution in [0, 0.1) is 0 Å². The number of rotatable bonds is 8. The van der Waals surface area contributed by atoms with Gasteiger partial charge in [0.05, 0.1) is 0 Å². The molecule has 5 nitrogen and oxygen atoms in total. The summed E-state index contributed by atoms with van der Waals surface area (Å²) in [6.45, 7) is 9.11. The molecule has 0 aromatic rings. The van der Waals surface area contributed by atoms with Gasteiger partial charge in [0.1, 0.15) is 0 Å². The molecule has 0 aromatic carbocycles. The van der Waals surface area contributed by atoms with E-state index in [0.717, 1.165) is 19.4 Å². The molecule has 19 heavy (non-hydrogen) atoms. The van der Waals surface area contributed by atoms with Crippen LogP contribution in [0.25, 0.3) is 0 Å². The van der Waals surface area contributed by atoms with Crippen molar-refractivity contribution in [3.05, 3.63) is 0 Å². The molecular formula is C13H29N3O2S. The zero-order valence-electron chi connectivity index (χ0n) is 12.6. The Morgan fingerprint density at radius 2 is 1.79 bits per heavy atom. The SMILES string of the molecule is CCCN(CC1CCCCN1)S(=O)(=O)N(CC)CC. The third-order valence-electron chi connectivity index (χ3n) is 3.67. The fourth-order valence-electron chi connectivity index (χ4n) is 2.59. The molecule has 1 atom stereocenters. The summed E-state index contributed by atoms with van der Waals surface area (Å²) in [6.07, 6.45) is 4.33. The standard InChI is InChI=1S/C13H29N3O2S/c1-4-11-16(12-13-9-7-8-10-14-13)19(17,18)15(5-2)6-3/h13-14H,4-12H2,1-3H3. The van der Waals surface area contributed by atoms with E-state index in [-0.39, 0.29) is 0 Å². The van der Waals surface area contributed by atoms with E-state index < -0.39 is 10.2 Å². The molecule has 0 spiro atoms. The van der Waals surface area contributed by atoms with Gasteiger partial charge in [-0.05, 0) is 25.8 Å². The lowest BCUT2D eigenvalue weighted by Crippen LogP contribution is -2.50. The van der Waals surface area contributed by atoms with E-state index in [0.29, 0.717) is 32.2 Å². The minimum Gasteiger partial charge on any atom is -0.313 e. The van der Waals surface area contributed by atoms with Crippen molar-refractivity contribution in [1.29, 1.82) is 0 Å². The van der Waals surface area contributed by atoms with Crippen LogP contribution in [0.2, 0.25) is 0 Å². The van der Waals surface area contributed by atoms with E-state index >= 15 is 0 Å². The normalized spacial score (nSPS) is 21.2. The topological polar surface area (TPSA) is 52.7 Å². The molecule has 0 aromatic heterocycles. The second-order valence-corrected chi connectivity index (χ2v) is 7.03. The van der Waals surface area contributed by atoms with Gasteiger partial charge >= 0.3 is 0 Å². The maximum Gasteiger partial charge on any atom is 0.282 e. The van der Waals surface area contributed by atoms with E-state index in [2.05, 4.69) is 5.32 Å². The Kier molecular flexibility index (Phi) is 7.28. The molecule has 6 heteroatoms. The average Bonchev–Trinajstić information content (AvgIpc) is 2.40. The Balaban J connectivity index is 2.74. The molecule has 1 unspecified atom stereocenters. The Morgan fingerprint density at radius 3 is 2.26 bits per heavy atom. The zero-order valence-corrected chi connectivity index (χ0v) is 13.4. The lowest BCUT2D eigenvalue weighted by Gasteiger charge is -2.33. The largest absolute Gasteiger partial charge is 0.313 e. The number of piperidine rings is 1. The van der Waals surface area contributed by atoms with Crippen molar-refractivity contribution in [2.24, 2.45) is 0 Å². The summed E-state index contributed by atoms with van der Waals surface area (Å²) in [5, 5.41) is 3.43. The van der Waals surface area contributed by atoms with Crippen molar-refractivity contribution in [3.63, 3.8) is 0 Å². The number of nitrogens with one attached hydrogen (secondary N) is 1. The van der Waals surface area contributed by atoms with Gasteiger partial charge in [0.2, 0.25) is 0 Å². The quantitative estimate of drug-likeness (QED) is 0.736. The maximum absolute atomic E-state index is 12.6. The first-order valence-electron chi connectivity index (χ1n) is 7.54. The van der Waals surface area contributed by atoms with Gasteiger partial charge in [-0.15, -0.1) is 0 Å². The summed E-state index contributed by atoms with van der Waals surface area (Å²) in [7, 11) is -3.30. The monoisotopic (exact) mass is 291 g/mol. The van der Waals surface area contributed by atoms with E-state index in [1.165, 1.54) is 12.8 Å². The molecule has 0 saturated carbocycles. The highest BCUT2D eigenvalue weighted by Crippen LogP contribution is 2.14. The van der Waals surface area contributed by atoms with Crippen LogP contribution in [0.3, 0.4) is 0 Å². The predicted molar refractivity (Wildman–Crippen MR) is 79.3 cm³/mol. The van der Waals surface area contributed by atoms with Crippen LogP contribution in [0.15, 0.2) is 0 Å². The van der Waals surface area contributed by atoms with Gasteiger partial charge in [-0.2, -0.15) is 17.0 Å². The van der Waals surface area contributed by atoms with E-state index in [4.69, 9.17) is 0 Å². The van der Waals surface area contributed by atoms with Crippen molar-refractivity contribution < 1.29 is 8.42 Å². The molecule has 1 heterocycles. The van der Waals surface area contributed by atoms with Gasteiger partial charge < -0.3 is 5.32 Å². The van der Waals surface area contributed by atoms with Crippen LogP contribution < -0.4 is 5.32 Å². The van der Waals surface area contributed by atoms with Gasteiger partial charge in [0.25, 0.3) is 10.2 Å². The molecular weight excluding hydrogens is 262 g/mol. The van der Waals surface area contributed by atoms with E-state index in [1.807, 2.05) is 20.8 Å². The van der Waals surface area contributed by atoms with Gasteiger partial charge in [0.15, 0.2) is 0 Å². The van der Waals surface area contributed by atoms with Crippen LogP contribution in [0.4, 0.5) is 0 Å². The smallest absolute Gasteiger partial charge is 0.282 e. The Bertz CT molecular complexity index is 336. The Labute approximate surface area is 118 Å². The number of hydrogen-bond donors (Lipinski definition) is 1. The van der Waals surface area contributed by atoms with Crippen LogP contribution in [0.1, 0.15) is 46.5 Å². The van der Waals surface area contributed by atoms with Crippen LogP contribution in [-0.2, 0) is 10.2 Å². The van der Waals surface area contributed by atoms with Crippen molar-refractivity contribution in [2.45, 2.75) is 52.5 Å². The first-order chi connectivity index (χ1) is 9.06. The van der Waals surface area contributed by atoms with Crippen LogP contribution in [-0.4, -0.2) is 55.8 Å². The molecule has 114 valence electrons. The second kappa shape index (κ2) is 8.19. The summed E-state index contributed by atoms with van der Waals surface area (Å²) in [5.74, 6) is 0. The van der Waals surface area contributed by atoms with E-state index in [9.17, 15) is 8.42 Å². The maximum atomic E-state index is 12.6. The average molecular weight is 291 g/mol. The minimum absolute atomic E-state index is 0.311. The molecule has 0 aliphatic carbocycles. The second-order valence-electron chi connectivity index (χ2n) is 5.10. The van der Waals surface area contributed by atoms with Crippen LogP contribution >= 0.6 is 0 Å². The first-order valence-corrected chi connectivity index (χ1v) is 8.94. The van der Waals surface area contributed by atoms with E-state index in [1.54, 1.807) is 8.61 Å². The van der Waals surface area contributed by atoms with Crippen molar-refractivity contribution >= 4 is 10.2 Å². The molecule has 1 rings (SSSR count). The lowest BCUT2D eigenvalue weighted by atomic mass is 10.1. The number of hydrogen-bond acceptors (Lipinski definition) is 3. The highest BCUT2D eigenvalue weighted by molar-refractivity contribution is 7.86. The molecule has 0 radical (unpaired) electrons. The fourth-order valence-corrected chi connectivity index (χ4v) is 4.35. The third-order valence-corrected chi connectivity index (χ3v) is 5.82. The highest BCUT2D eigenvalue weighted by atomic mass is 32.2. The van der Waals surface area contributed by atoms with Gasteiger partial charge in [-0.3, -0.25) is 0 Å². The van der Waals surface area contributed by atoms with Gasteiger partial charge in [-0.25, -0.2) is 0 Å². The Hall–Kier alpha value is -0.170. The van der Waals surface area contributed by atoms with Crippen molar-refractivity contribution in [1.82, 2.24) is 13.9 Å². The summed E-state index contributed by atoms with van der Waals surface area (Å²) >= 11 is 0. The molecule has 1 aliphatic heterocycles. The molecule has 1 aliphatic rings.